The molecule has 3 aromatic heterocycles. The smallest absolute Gasteiger partial charge is 0.295 e. The van der Waals surface area contributed by atoms with Crippen LogP contribution in [-0.4, -0.2) is 33.1 Å². The summed E-state index contributed by atoms with van der Waals surface area (Å²) in [7, 11) is -2.14. The monoisotopic (exact) mass is 511 g/mol. The van der Waals surface area contributed by atoms with Gasteiger partial charge in [0.2, 0.25) is 10.0 Å². The molecule has 1 N–H and O–H groups in total. The summed E-state index contributed by atoms with van der Waals surface area (Å²) in [5.74, 6) is -0.451. The Hall–Kier alpha value is -3.61. The van der Waals surface area contributed by atoms with Gasteiger partial charge in [0, 0.05) is 50.0 Å². The highest BCUT2D eigenvalue weighted by Gasteiger charge is 2.34. The van der Waals surface area contributed by atoms with Gasteiger partial charge in [-0.05, 0) is 52.6 Å². The van der Waals surface area contributed by atoms with Crippen LogP contribution in [0.3, 0.4) is 0 Å². The molecule has 180 valence electrons. The summed E-state index contributed by atoms with van der Waals surface area (Å²) >= 11 is 1.55. The highest BCUT2D eigenvalue weighted by Crippen LogP contribution is 2.33. The fourth-order valence-corrected chi connectivity index (χ4v) is 6.82. The lowest BCUT2D eigenvalue weighted by molar-refractivity contribution is -0.383. The summed E-state index contributed by atoms with van der Waals surface area (Å²) in [6.45, 7) is 2.40. The fourth-order valence-electron chi connectivity index (χ4n) is 4.31. The zero-order valence-corrected chi connectivity index (χ0v) is 20.5. The lowest BCUT2D eigenvalue weighted by atomic mass is 10.1. The van der Waals surface area contributed by atoms with E-state index in [2.05, 4.69) is 10.3 Å². The Labute approximate surface area is 205 Å². The second-order valence-corrected chi connectivity index (χ2v) is 11.0. The number of fused-ring (bicyclic) bond motifs is 2. The first-order valence-electron chi connectivity index (χ1n) is 10.7. The van der Waals surface area contributed by atoms with Crippen LogP contribution >= 0.6 is 11.3 Å². The van der Waals surface area contributed by atoms with Gasteiger partial charge in [0.1, 0.15) is 16.1 Å². The molecule has 4 heterocycles. The molecule has 0 saturated heterocycles. The molecule has 0 radical (unpaired) electrons. The average molecular weight is 512 g/mol. The van der Waals surface area contributed by atoms with Gasteiger partial charge in [-0.3, -0.25) is 14.9 Å². The Morgan fingerprint density at radius 1 is 1.23 bits per heavy atom. The number of pyridine rings is 1. The Bertz CT molecular complexity index is 1590. The van der Waals surface area contributed by atoms with Gasteiger partial charge in [-0.2, -0.15) is 15.6 Å². The van der Waals surface area contributed by atoms with Crippen molar-refractivity contribution in [1.82, 2.24) is 19.2 Å². The molecule has 0 unspecified atom stereocenters. The van der Waals surface area contributed by atoms with Crippen molar-refractivity contribution >= 4 is 43.9 Å². The highest BCUT2D eigenvalue weighted by molar-refractivity contribution is 7.89. The molecule has 0 aliphatic carbocycles. The van der Waals surface area contributed by atoms with Crippen LogP contribution in [0.5, 0.6) is 0 Å². The van der Waals surface area contributed by atoms with E-state index in [4.69, 9.17) is 0 Å². The molecule has 10 nitrogen and oxygen atoms in total. The second kappa shape index (κ2) is 8.56. The molecule has 12 heteroatoms. The van der Waals surface area contributed by atoms with E-state index in [9.17, 15) is 23.3 Å². The van der Waals surface area contributed by atoms with E-state index in [1.807, 2.05) is 10.8 Å². The van der Waals surface area contributed by atoms with Crippen molar-refractivity contribution in [3.8, 4) is 0 Å². The van der Waals surface area contributed by atoms with E-state index >= 15 is 0 Å². The number of nitro benzene ring substituents is 1. The van der Waals surface area contributed by atoms with Crippen LogP contribution in [-0.2, 0) is 36.7 Å². The number of non-ortho nitro benzene ring substituents is 1. The zero-order chi connectivity index (χ0) is 24.9. The number of nitro groups is 1. The van der Waals surface area contributed by atoms with Crippen molar-refractivity contribution in [2.24, 2.45) is 7.05 Å². The van der Waals surface area contributed by atoms with Gasteiger partial charge < -0.3 is 9.88 Å². The minimum atomic E-state index is -3.79. The molecular weight excluding hydrogens is 490 g/mol. The maximum absolute atomic E-state index is 13.3. The van der Waals surface area contributed by atoms with E-state index in [-0.39, 0.29) is 28.3 Å². The van der Waals surface area contributed by atoms with Gasteiger partial charge >= 0.3 is 0 Å². The van der Waals surface area contributed by atoms with Gasteiger partial charge in [-0.1, -0.05) is 6.07 Å². The Morgan fingerprint density at radius 2 is 1.94 bits per heavy atom. The molecule has 1 aliphatic rings. The van der Waals surface area contributed by atoms with Crippen LogP contribution in [0, 0.1) is 17.0 Å². The Morgan fingerprint density at radius 3 is 2.63 bits per heavy atom. The molecule has 1 aromatic carbocycles. The summed E-state index contributed by atoms with van der Waals surface area (Å²) in [5, 5.41) is 18.6. The molecule has 1 aliphatic heterocycles. The maximum Gasteiger partial charge on any atom is 0.295 e. The Balaban J connectivity index is 1.39. The number of nitrogens with zero attached hydrogens (tertiary/aromatic N) is 4. The van der Waals surface area contributed by atoms with E-state index in [0.717, 1.165) is 11.1 Å². The third-order valence-corrected chi connectivity index (χ3v) is 9.09. The average Bonchev–Trinajstić information content (AvgIpc) is 3.52. The maximum atomic E-state index is 13.3. The number of hydrogen-bond donors (Lipinski definition) is 1. The molecule has 0 spiro atoms. The van der Waals surface area contributed by atoms with E-state index in [1.165, 1.54) is 22.6 Å². The van der Waals surface area contributed by atoms with Gasteiger partial charge in [0.05, 0.1) is 4.92 Å². The molecule has 0 saturated carbocycles. The predicted octanol–water partition coefficient (Wildman–Crippen LogP) is 3.49. The van der Waals surface area contributed by atoms with Crippen LogP contribution in [0.2, 0.25) is 0 Å². The van der Waals surface area contributed by atoms with E-state index in [1.54, 1.807) is 48.1 Å². The first kappa shape index (κ1) is 23.1. The predicted molar refractivity (Wildman–Crippen MR) is 130 cm³/mol. The first-order chi connectivity index (χ1) is 16.7. The number of hydrogen-bond acceptors (Lipinski definition) is 7. The summed E-state index contributed by atoms with van der Waals surface area (Å²) in [6, 6.07) is 7.74. The first-order valence-corrected chi connectivity index (χ1v) is 13.1. The SMILES string of the molecule is Cc1c(S(=O)(=O)N2Cc3cscc3C2)cc(C(=O)NCc2ccc([N+](=O)[O-])c3ncccc23)n1C. The fraction of sp³-hybridized carbons (Fsp3) is 0.217. The van der Waals surface area contributed by atoms with Crippen LogP contribution < -0.4 is 5.32 Å². The number of nitrogens with one attached hydrogen (secondary N) is 1. The van der Waals surface area contributed by atoms with Crippen molar-refractivity contribution in [2.45, 2.75) is 31.5 Å². The number of carbonyl (C=O) groups excluding carboxylic acids is 1. The zero-order valence-electron chi connectivity index (χ0n) is 18.9. The van der Waals surface area contributed by atoms with Crippen molar-refractivity contribution in [1.29, 1.82) is 0 Å². The van der Waals surface area contributed by atoms with Crippen LogP contribution in [0.15, 0.2) is 52.2 Å². The minimum Gasteiger partial charge on any atom is -0.347 e. The number of aromatic nitrogens is 2. The number of rotatable bonds is 6. The standard InChI is InChI=1S/C23H21N5O5S2/c1-14-21(35(32,33)27-10-16-12-34-13-17(16)11-27)8-20(26(14)2)23(29)25-9-15-5-6-19(28(30)31)22-18(15)4-3-7-24-22/h3-8,12-13H,9-11H2,1-2H3,(H,25,29). The van der Waals surface area contributed by atoms with Gasteiger partial charge in [0.15, 0.2) is 0 Å². The number of carbonyl (C=O) groups is 1. The molecule has 0 bridgehead atoms. The topological polar surface area (TPSA) is 127 Å². The van der Waals surface area contributed by atoms with Crippen LogP contribution in [0.1, 0.15) is 32.9 Å². The lowest BCUT2D eigenvalue weighted by Crippen LogP contribution is -2.26. The van der Waals surface area contributed by atoms with Gasteiger partial charge in [-0.25, -0.2) is 13.4 Å². The summed E-state index contributed by atoms with van der Waals surface area (Å²) in [6.07, 6.45) is 1.48. The van der Waals surface area contributed by atoms with E-state index < -0.39 is 20.9 Å². The quantitative estimate of drug-likeness (QED) is 0.312. The van der Waals surface area contributed by atoms with Gasteiger partial charge in [-0.15, -0.1) is 0 Å². The Kier molecular flexibility index (Phi) is 5.66. The summed E-state index contributed by atoms with van der Waals surface area (Å²) in [4.78, 5) is 28.1. The number of benzene rings is 1. The van der Waals surface area contributed by atoms with Crippen molar-refractivity contribution in [2.75, 3.05) is 0 Å². The largest absolute Gasteiger partial charge is 0.347 e. The van der Waals surface area contributed by atoms with Crippen LogP contribution in [0.4, 0.5) is 5.69 Å². The normalized spacial score (nSPS) is 13.8. The van der Waals surface area contributed by atoms with Crippen molar-refractivity contribution in [3.05, 3.63) is 85.5 Å². The minimum absolute atomic E-state index is 0.0947. The number of thiophene rings is 1. The molecular formula is C23H21N5O5S2. The molecule has 35 heavy (non-hydrogen) atoms. The molecule has 1 amide bonds. The summed E-state index contributed by atoms with van der Waals surface area (Å²) < 4.78 is 29.7. The summed E-state index contributed by atoms with van der Waals surface area (Å²) in [5.41, 5.74) is 3.48. The van der Waals surface area contributed by atoms with E-state index in [0.29, 0.717) is 29.7 Å². The highest BCUT2D eigenvalue weighted by atomic mass is 32.2. The van der Waals surface area contributed by atoms with Gasteiger partial charge in [0.25, 0.3) is 11.6 Å². The third-order valence-electron chi connectivity index (χ3n) is 6.34. The molecule has 4 aromatic rings. The molecule has 0 fully saturated rings. The molecule has 0 atom stereocenters. The molecule has 5 rings (SSSR count). The number of amides is 1. The third kappa shape index (κ3) is 3.89. The van der Waals surface area contributed by atoms with Crippen molar-refractivity contribution < 1.29 is 18.1 Å². The van der Waals surface area contributed by atoms with Crippen LogP contribution in [0.25, 0.3) is 10.9 Å². The number of sulfonamides is 1. The second-order valence-electron chi connectivity index (χ2n) is 8.32. The van der Waals surface area contributed by atoms with Crippen molar-refractivity contribution in [3.63, 3.8) is 0 Å². The lowest BCUT2D eigenvalue weighted by Gasteiger charge is -2.15.